The van der Waals surface area contributed by atoms with Gasteiger partial charge in [0.05, 0.1) is 11.3 Å². The van der Waals surface area contributed by atoms with Crippen molar-refractivity contribution in [2.75, 3.05) is 5.32 Å². The number of benzene rings is 1. The maximum Gasteiger partial charge on any atom is 0.279 e. The van der Waals surface area contributed by atoms with Crippen molar-refractivity contribution in [1.29, 1.82) is 0 Å². The van der Waals surface area contributed by atoms with Crippen LogP contribution in [0.25, 0.3) is 0 Å². The topological polar surface area (TPSA) is 82.2 Å². The number of ether oxygens (including phenoxy) is 1. The van der Waals surface area contributed by atoms with E-state index in [2.05, 4.69) is 15.6 Å². The van der Waals surface area contributed by atoms with Gasteiger partial charge in [-0.1, -0.05) is 23.4 Å². The summed E-state index contributed by atoms with van der Waals surface area (Å²) >= 11 is 0. The summed E-state index contributed by atoms with van der Waals surface area (Å²) in [4.78, 5) is 12.7. The molecule has 0 spiro atoms. The SMILES string of the molecule is Cc1cc(NC(=O)c2noc(C)c2COc2ccccc2)n(C(C)C)n1. The van der Waals surface area contributed by atoms with E-state index in [0.29, 0.717) is 22.9 Å². The van der Waals surface area contributed by atoms with Crippen molar-refractivity contribution in [3.05, 3.63) is 59.1 Å². The van der Waals surface area contributed by atoms with Crippen LogP contribution in [0.2, 0.25) is 0 Å². The molecular formula is C19H22N4O3. The van der Waals surface area contributed by atoms with Crippen LogP contribution in [0.3, 0.4) is 0 Å². The van der Waals surface area contributed by atoms with Gasteiger partial charge in [-0.15, -0.1) is 0 Å². The Morgan fingerprint density at radius 2 is 2.00 bits per heavy atom. The van der Waals surface area contributed by atoms with Crippen LogP contribution in [0.1, 0.15) is 47.4 Å². The minimum atomic E-state index is -0.352. The van der Waals surface area contributed by atoms with E-state index in [-0.39, 0.29) is 24.2 Å². The lowest BCUT2D eigenvalue weighted by atomic mass is 10.2. The highest BCUT2D eigenvalue weighted by atomic mass is 16.5. The largest absolute Gasteiger partial charge is 0.489 e. The molecule has 0 aliphatic rings. The molecule has 0 radical (unpaired) electrons. The predicted octanol–water partition coefficient (Wildman–Crippen LogP) is 3.90. The fraction of sp³-hybridized carbons (Fsp3) is 0.316. The molecule has 0 aliphatic carbocycles. The highest BCUT2D eigenvalue weighted by Gasteiger charge is 2.22. The van der Waals surface area contributed by atoms with Gasteiger partial charge < -0.3 is 14.6 Å². The lowest BCUT2D eigenvalue weighted by molar-refractivity contribution is 0.101. The highest BCUT2D eigenvalue weighted by molar-refractivity contribution is 6.03. The molecule has 0 fully saturated rings. The summed E-state index contributed by atoms with van der Waals surface area (Å²) in [6.45, 7) is 7.84. The first-order valence-electron chi connectivity index (χ1n) is 8.46. The number of hydrogen-bond donors (Lipinski definition) is 1. The van der Waals surface area contributed by atoms with Gasteiger partial charge in [0, 0.05) is 12.1 Å². The Kier molecular flexibility index (Phi) is 5.06. The molecule has 0 atom stereocenters. The first kappa shape index (κ1) is 17.7. The second-order valence-electron chi connectivity index (χ2n) is 6.33. The zero-order valence-corrected chi connectivity index (χ0v) is 15.3. The average molecular weight is 354 g/mol. The molecule has 0 aliphatic heterocycles. The van der Waals surface area contributed by atoms with Crippen LogP contribution in [-0.4, -0.2) is 20.8 Å². The molecule has 1 amide bonds. The van der Waals surface area contributed by atoms with Crippen LogP contribution in [0.4, 0.5) is 5.82 Å². The quantitative estimate of drug-likeness (QED) is 0.726. The van der Waals surface area contributed by atoms with E-state index in [1.807, 2.05) is 57.2 Å². The summed E-state index contributed by atoms with van der Waals surface area (Å²) in [7, 11) is 0. The van der Waals surface area contributed by atoms with Crippen LogP contribution in [0.5, 0.6) is 5.75 Å². The zero-order valence-electron chi connectivity index (χ0n) is 15.3. The Balaban J connectivity index is 1.78. The van der Waals surface area contributed by atoms with Crippen molar-refractivity contribution >= 4 is 11.7 Å². The van der Waals surface area contributed by atoms with E-state index in [1.54, 1.807) is 11.6 Å². The normalized spacial score (nSPS) is 11.0. The van der Waals surface area contributed by atoms with Gasteiger partial charge in [-0.2, -0.15) is 5.10 Å². The maximum absolute atomic E-state index is 12.7. The van der Waals surface area contributed by atoms with Gasteiger partial charge in [0.25, 0.3) is 5.91 Å². The summed E-state index contributed by atoms with van der Waals surface area (Å²) in [5.41, 5.74) is 1.67. The standard InChI is InChI=1S/C19H22N4O3/c1-12(2)23-17(10-13(3)21-23)20-19(24)18-16(14(4)26-22-18)11-25-15-8-6-5-7-9-15/h5-10,12H,11H2,1-4H3,(H,20,24). The molecule has 0 bridgehead atoms. The lowest BCUT2D eigenvalue weighted by Gasteiger charge is -2.11. The molecule has 0 saturated carbocycles. The van der Waals surface area contributed by atoms with Crippen molar-refractivity contribution in [3.63, 3.8) is 0 Å². The Hall–Kier alpha value is -3.09. The van der Waals surface area contributed by atoms with Crippen LogP contribution >= 0.6 is 0 Å². The zero-order chi connectivity index (χ0) is 18.7. The number of nitrogens with zero attached hydrogens (tertiary/aromatic N) is 3. The molecule has 0 saturated heterocycles. The van der Waals surface area contributed by atoms with E-state index in [4.69, 9.17) is 9.26 Å². The molecular weight excluding hydrogens is 332 g/mol. The number of nitrogens with one attached hydrogen (secondary N) is 1. The number of para-hydroxylation sites is 1. The molecule has 2 aromatic heterocycles. The molecule has 3 aromatic rings. The van der Waals surface area contributed by atoms with Crippen LogP contribution in [-0.2, 0) is 6.61 Å². The summed E-state index contributed by atoms with van der Waals surface area (Å²) < 4.78 is 12.7. The van der Waals surface area contributed by atoms with Gasteiger partial charge in [-0.3, -0.25) is 4.79 Å². The Morgan fingerprint density at radius 3 is 2.69 bits per heavy atom. The second kappa shape index (κ2) is 7.43. The number of amides is 1. The number of hydrogen-bond acceptors (Lipinski definition) is 5. The second-order valence-corrected chi connectivity index (χ2v) is 6.33. The first-order chi connectivity index (χ1) is 12.5. The van der Waals surface area contributed by atoms with E-state index in [0.717, 1.165) is 5.69 Å². The van der Waals surface area contributed by atoms with Crippen LogP contribution in [0.15, 0.2) is 40.9 Å². The third-order valence-electron chi connectivity index (χ3n) is 3.91. The van der Waals surface area contributed by atoms with Crippen molar-refractivity contribution < 1.29 is 14.1 Å². The third kappa shape index (κ3) is 3.77. The van der Waals surface area contributed by atoms with Gasteiger partial charge in [-0.25, -0.2) is 4.68 Å². The van der Waals surface area contributed by atoms with Gasteiger partial charge in [0.1, 0.15) is 23.9 Å². The smallest absolute Gasteiger partial charge is 0.279 e. The fourth-order valence-corrected chi connectivity index (χ4v) is 2.59. The van der Waals surface area contributed by atoms with Crippen molar-refractivity contribution in [3.8, 4) is 5.75 Å². The number of anilines is 1. The Morgan fingerprint density at radius 1 is 1.27 bits per heavy atom. The maximum atomic E-state index is 12.7. The molecule has 7 nitrogen and oxygen atoms in total. The number of carbonyl (C=O) groups excluding carboxylic acids is 1. The van der Waals surface area contributed by atoms with E-state index in [9.17, 15) is 4.79 Å². The number of carbonyl (C=O) groups is 1. The summed E-state index contributed by atoms with van der Waals surface area (Å²) in [5, 5.41) is 11.2. The van der Waals surface area contributed by atoms with Crippen molar-refractivity contribution in [2.24, 2.45) is 0 Å². The number of rotatable bonds is 6. The molecule has 7 heteroatoms. The third-order valence-corrected chi connectivity index (χ3v) is 3.91. The molecule has 1 N–H and O–H groups in total. The highest BCUT2D eigenvalue weighted by Crippen LogP contribution is 2.21. The monoisotopic (exact) mass is 354 g/mol. The summed E-state index contributed by atoms with van der Waals surface area (Å²) in [6.07, 6.45) is 0. The van der Waals surface area contributed by atoms with Crippen LogP contribution < -0.4 is 10.1 Å². The van der Waals surface area contributed by atoms with E-state index >= 15 is 0 Å². The molecule has 0 unspecified atom stereocenters. The Bertz CT molecular complexity index is 897. The van der Waals surface area contributed by atoms with Gasteiger partial charge in [0.15, 0.2) is 5.69 Å². The predicted molar refractivity (Wildman–Crippen MR) is 97.3 cm³/mol. The lowest BCUT2D eigenvalue weighted by Crippen LogP contribution is -2.19. The fourth-order valence-electron chi connectivity index (χ4n) is 2.59. The Labute approximate surface area is 151 Å². The molecule has 26 heavy (non-hydrogen) atoms. The molecule has 3 rings (SSSR count). The van der Waals surface area contributed by atoms with Crippen LogP contribution in [0, 0.1) is 13.8 Å². The molecule has 136 valence electrons. The number of aryl methyl sites for hydroxylation is 2. The summed E-state index contributed by atoms with van der Waals surface area (Å²) in [6, 6.07) is 11.3. The summed E-state index contributed by atoms with van der Waals surface area (Å²) in [5.74, 6) is 1.54. The minimum Gasteiger partial charge on any atom is -0.489 e. The van der Waals surface area contributed by atoms with Gasteiger partial charge in [-0.05, 0) is 39.8 Å². The van der Waals surface area contributed by atoms with Crippen molar-refractivity contribution in [1.82, 2.24) is 14.9 Å². The minimum absolute atomic E-state index is 0.124. The molecule has 1 aromatic carbocycles. The first-order valence-corrected chi connectivity index (χ1v) is 8.46. The molecule has 2 heterocycles. The average Bonchev–Trinajstić information content (AvgIpc) is 3.16. The van der Waals surface area contributed by atoms with Crippen molar-refractivity contribution in [2.45, 2.75) is 40.3 Å². The number of aromatic nitrogens is 3. The van der Waals surface area contributed by atoms with Gasteiger partial charge in [0.2, 0.25) is 0 Å². The van der Waals surface area contributed by atoms with E-state index in [1.165, 1.54) is 0 Å². The van der Waals surface area contributed by atoms with Gasteiger partial charge >= 0.3 is 0 Å². The van der Waals surface area contributed by atoms with E-state index < -0.39 is 0 Å².